The van der Waals surface area contributed by atoms with Crippen LogP contribution in [-0.2, 0) is 9.84 Å². The maximum absolute atomic E-state index is 13.1. The van der Waals surface area contributed by atoms with E-state index in [0.717, 1.165) is 36.0 Å². The Hall–Kier alpha value is -2.11. The van der Waals surface area contributed by atoms with Gasteiger partial charge in [-0.25, -0.2) is 8.42 Å². The molecule has 0 saturated carbocycles. The van der Waals surface area contributed by atoms with Crippen molar-refractivity contribution >= 4 is 20.7 Å². The number of aromatic nitrogens is 1. The molecule has 2 N–H and O–H groups in total. The van der Waals surface area contributed by atoms with Gasteiger partial charge in [-0.2, -0.15) is 0 Å². The van der Waals surface area contributed by atoms with Crippen molar-refractivity contribution in [2.24, 2.45) is 0 Å². The Bertz CT molecular complexity index is 999. The molecule has 0 aliphatic carbocycles. The van der Waals surface area contributed by atoms with Gasteiger partial charge in [-0.15, -0.1) is 0 Å². The molecule has 3 aromatic rings. The Labute approximate surface area is 141 Å². The summed E-state index contributed by atoms with van der Waals surface area (Å²) in [5, 5.41) is 4.10. The zero-order valence-electron chi connectivity index (χ0n) is 13.5. The van der Waals surface area contributed by atoms with Crippen LogP contribution >= 0.6 is 0 Å². The third-order valence-corrected chi connectivity index (χ3v) is 6.68. The Kier molecular flexibility index (Phi) is 3.70. The molecule has 1 aliphatic rings. The maximum atomic E-state index is 13.1. The van der Waals surface area contributed by atoms with Crippen molar-refractivity contribution in [3.63, 3.8) is 0 Å². The first-order valence-corrected chi connectivity index (χ1v) is 9.68. The van der Waals surface area contributed by atoms with E-state index in [1.54, 1.807) is 12.3 Å². The summed E-state index contributed by atoms with van der Waals surface area (Å²) in [6.45, 7) is 4.00. The Morgan fingerprint density at radius 1 is 1.12 bits per heavy atom. The molecule has 1 unspecified atom stereocenters. The van der Waals surface area contributed by atoms with Crippen LogP contribution in [0, 0.1) is 6.92 Å². The fraction of sp³-hybridized carbons (Fsp3) is 0.263. The first-order valence-electron chi connectivity index (χ1n) is 8.20. The first-order chi connectivity index (χ1) is 11.6. The zero-order valence-corrected chi connectivity index (χ0v) is 14.4. The lowest BCUT2D eigenvalue weighted by Crippen LogP contribution is -2.09. The van der Waals surface area contributed by atoms with Crippen molar-refractivity contribution < 1.29 is 8.42 Å². The molecule has 2 aromatic carbocycles. The lowest BCUT2D eigenvalue weighted by atomic mass is 9.94. The van der Waals surface area contributed by atoms with E-state index in [4.69, 9.17) is 0 Å². The number of hydrogen-bond acceptors (Lipinski definition) is 3. The minimum absolute atomic E-state index is 0.341. The molecule has 4 rings (SSSR count). The smallest absolute Gasteiger partial charge is 0.208 e. The van der Waals surface area contributed by atoms with Gasteiger partial charge in [0.05, 0.1) is 9.79 Å². The van der Waals surface area contributed by atoms with Crippen LogP contribution in [0.4, 0.5) is 0 Å². The molecule has 2 heterocycles. The Balaban J connectivity index is 1.78. The molecule has 0 amide bonds. The summed E-state index contributed by atoms with van der Waals surface area (Å²) in [5.74, 6) is 0.481. The number of para-hydroxylation sites is 1. The Morgan fingerprint density at radius 2 is 1.96 bits per heavy atom. The van der Waals surface area contributed by atoms with Gasteiger partial charge in [0.25, 0.3) is 0 Å². The van der Waals surface area contributed by atoms with Crippen LogP contribution in [0.2, 0.25) is 0 Å². The van der Waals surface area contributed by atoms with Crippen LogP contribution in [0.25, 0.3) is 10.9 Å². The number of H-pyrrole nitrogens is 1. The highest BCUT2D eigenvalue weighted by Gasteiger charge is 2.24. The van der Waals surface area contributed by atoms with Gasteiger partial charge >= 0.3 is 0 Å². The predicted molar refractivity (Wildman–Crippen MR) is 95.2 cm³/mol. The van der Waals surface area contributed by atoms with Gasteiger partial charge in [0.2, 0.25) is 9.84 Å². The lowest BCUT2D eigenvalue weighted by molar-refractivity contribution is 0.596. The van der Waals surface area contributed by atoms with Crippen LogP contribution in [0.3, 0.4) is 0 Å². The molecule has 0 spiro atoms. The van der Waals surface area contributed by atoms with Crippen LogP contribution < -0.4 is 5.32 Å². The molecule has 1 fully saturated rings. The van der Waals surface area contributed by atoms with Gasteiger partial charge in [0.1, 0.15) is 0 Å². The topological polar surface area (TPSA) is 62.0 Å². The summed E-state index contributed by atoms with van der Waals surface area (Å²) in [7, 11) is -3.53. The quantitative estimate of drug-likeness (QED) is 0.768. The van der Waals surface area contributed by atoms with E-state index in [9.17, 15) is 8.42 Å². The number of aryl methyl sites for hydroxylation is 1. The van der Waals surface area contributed by atoms with Crippen molar-refractivity contribution in [2.45, 2.75) is 29.1 Å². The summed E-state index contributed by atoms with van der Waals surface area (Å²) >= 11 is 0. The largest absolute Gasteiger partial charge is 0.360 e. The molecule has 0 radical (unpaired) electrons. The molecule has 1 aromatic heterocycles. The third kappa shape index (κ3) is 2.44. The van der Waals surface area contributed by atoms with E-state index >= 15 is 0 Å². The zero-order chi connectivity index (χ0) is 16.7. The van der Waals surface area contributed by atoms with Crippen molar-refractivity contribution in [1.82, 2.24) is 10.3 Å². The normalized spacial score (nSPS) is 18.3. The van der Waals surface area contributed by atoms with Crippen LogP contribution in [0.15, 0.2) is 58.5 Å². The molecule has 1 atom stereocenters. The third-order valence-electron chi connectivity index (χ3n) is 4.89. The second-order valence-electron chi connectivity index (χ2n) is 6.41. The van der Waals surface area contributed by atoms with Gasteiger partial charge in [-0.3, -0.25) is 0 Å². The lowest BCUT2D eigenvalue weighted by Gasteiger charge is -2.14. The van der Waals surface area contributed by atoms with Crippen LogP contribution in [-0.4, -0.2) is 26.5 Å². The average molecular weight is 340 g/mol. The second kappa shape index (κ2) is 5.76. The van der Waals surface area contributed by atoms with E-state index < -0.39 is 9.84 Å². The maximum Gasteiger partial charge on any atom is 0.208 e. The molecular weight excluding hydrogens is 320 g/mol. The fourth-order valence-corrected chi connectivity index (χ4v) is 5.10. The van der Waals surface area contributed by atoms with E-state index in [1.807, 2.05) is 43.3 Å². The number of hydrogen-bond donors (Lipinski definition) is 2. The van der Waals surface area contributed by atoms with E-state index in [-0.39, 0.29) is 0 Å². The van der Waals surface area contributed by atoms with Gasteiger partial charge in [0, 0.05) is 23.6 Å². The van der Waals surface area contributed by atoms with E-state index in [2.05, 4.69) is 10.3 Å². The predicted octanol–water partition coefficient (Wildman–Crippen LogP) is 3.39. The molecule has 1 aliphatic heterocycles. The highest BCUT2D eigenvalue weighted by molar-refractivity contribution is 7.91. The van der Waals surface area contributed by atoms with Crippen molar-refractivity contribution in [3.8, 4) is 0 Å². The number of benzene rings is 2. The minimum Gasteiger partial charge on any atom is -0.360 e. The van der Waals surface area contributed by atoms with Gasteiger partial charge in [-0.1, -0.05) is 24.3 Å². The van der Waals surface area contributed by atoms with Gasteiger partial charge in [-0.05, 0) is 55.1 Å². The monoisotopic (exact) mass is 340 g/mol. The van der Waals surface area contributed by atoms with Gasteiger partial charge in [0.15, 0.2) is 0 Å². The first kappa shape index (κ1) is 15.4. The fourth-order valence-electron chi connectivity index (χ4n) is 3.59. The number of fused-ring (bicyclic) bond motifs is 1. The Morgan fingerprint density at radius 3 is 2.71 bits per heavy atom. The molecule has 4 nitrogen and oxygen atoms in total. The van der Waals surface area contributed by atoms with E-state index in [1.165, 1.54) is 5.56 Å². The van der Waals surface area contributed by atoms with Gasteiger partial charge < -0.3 is 10.3 Å². The molecule has 124 valence electrons. The minimum atomic E-state index is -3.53. The van der Waals surface area contributed by atoms with Crippen LogP contribution in [0.5, 0.6) is 0 Å². The van der Waals surface area contributed by atoms with Crippen molar-refractivity contribution in [1.29, 1.82) is 0 Å². The number of rotatable bonds is 3. The number of sulfone groups is 1. The highest BCUT2D eigenvalue weighted by atomic mass is 32.2. The SMILES string of the molecule is Cc1cc(S(=O)(=O)c2c[nH]c3ccccc23)ccc1C1CCNC1. The molecule has 0 bridgehead atoms. The van der Waals surface area contributed by atoms with E-state index in [0.29, 0.717) is 15.7 Å². The van der Waals surface area contributed by atoms with Crippen molar-refractivity contribution in [3.05, 3.63) is 59.8 Å². The van der Waals surface area contributed by atoms with Crippen LogP contribution in [0.1, 0.15) is 23.5 Å². The average Bonchev–Trinajstić information content (AvgIpc) is 3.24. The van der Waals surface area contributed by atoms with Crippen molar-refractivity contribution in [2.75, 3.05) is 13.1 Å². The molecule has 24 heavy (non-hydrogen) atoms. The number of aromatic amines is 1. The summed E-state index contributed by atoms with van der Waals surface area (Å²) in [4.78, 5) is 3.75. The molecular formula is C19H20N2O2S. The molecule has 5 heteroatoms. The molecule has 1 saturated heterocycles. The summed E-state index contributed by atoms with van der Waals surface area (Å²) in [6.07, 6.45) is 2.69. The standard InChI is InChI=1S/C19H20N2O2S/c1-13-10-15(6-7-16(13)14-8-9-20-11-14)24(22,23)19-12-21-18-5-3-2-4-17(18)19/h2-7,10,12,14,20-21H,8-9,11H2,1H3. The summed E-state index contributed by atoms with van der Waals surface area (Å²) in [6, 6.07) is 13.0. The highest BCUT2D eigenvalue weighted by Crippen LogP contribution is 2.31. The summed E-state index contributed by atoms with van der Waals surface area (Å²) < 4.78 is 26.1. The second-order valence-corrected chi connectivity index (χ2v) is 8.33. The number of nitrogens with one attached hydrogen (secondary N) is 2. The summed E-state index contributed by atoms with van der Waals surface area (Å²) in [5.41, 5.74) is 3.13.